The molecule has 120 valence electrons. The van der Waals surface area contributed by atoms with Gasteiger partial charge in [-0.15, -0.1) is 0 Å². The molecule has 3 rings (SSSR count). The Kier molecular flexibility index (Phi) is 5.23. The maximum Gasteiger partial charge on any atom is 0.177 e. The first kappa shape index (κ1) is 17.3. The van der Waals surface area contributed by atoms with Gasteiger partial charge in [0.1, 0.15) is 12.1 Å². The van der Waals surface area contributed by atoms with Crippen molar-refractivity contribution in [3.8, 4) is 12.1 Å². The molecule has 0 aliphatic carbocycles. The summed E-state index contributed by atoms with van der Waals surface area (Å²) in [7, 11) is 0. The molecule has 0 aromatic heterocycles. The zero-order chi connectivity index (χ0) is 17.8. The van der Waals surface area contributed by atoms with Crippen LogP contribution in [0.5, 0.6) is 0 Å². The molecule has 0 unspecified atom stereocenters. The van der Waals surface area contributed by atoms with Crippen LogP contribution >= 0.6 is 31.9 Å². The van der Waals surface area contributed by atoms with E-state index in [2.05, 4.69) is 41.8 Å². The van der Waals surface area contributed by atoms with Crippen LogP contribution in [0.2, 0.25) is 0 Å². The predicted molar refractivity (Wildman–Crippen MR) is 104 cm³/mol. The number of aliphatic imine (C=N–C) groups is 2. The number of hydrogen-bond acceptors (Lipinski definition) is 4. The Labute approximate surface area is 162 Å². The third-order valence-corrected chi connectivity index (χ3v) is 4.68. The van der Waals surface area contributed by atoms with Gasteiger partial charge in [0.2, 0.25) is 0 Å². The largest absolute Gasteiger partial charge is 0.238 e. The second kappa shape index (κ2) is 7.57. The molecule has 0 fully saturated rings. The molecule has 2 aromatic carbocycles. The van der Waals surface area contributed by atoms with Gasteiger partial charge in [-0.25, -0.2) is 9.98 Å². The summed E-state index contributed by atoms with van der Waals surface area (Å²) in [5.74, 6) is 0. The SMILES string of the molecule is N#CC1=C(C#N)N=C(c2ccc(Br)cc2)CC(c2ccc(Br)cc2)=N1. The summed E-state index contributed by atoms with van der Waals surface area (Å²) in [6.45, 7) is 0. The molecule has 6 heteroatoms. The first-order chi connectivity index (χ1) is 12.1. The third-order valence-electron chi connectivity index (χ3n) is 3.62. The number of hydrogen-bond donors (Lipinski definition) is 0. The molecule has 1 aliphatic rings. The van der Waals surface area contributed by atoms with E-state index in [0.29, 0.717) is 17.8 Å². The van der Waals surface area contributed by atoms with Crippen LogP contribution in [-0.2, 0) is 0 Å². The van der Waals surface area contributed by atoms with E-state index in [1.165, 1.54) is 0 Å². The molecule has 0 saturated carbocycles. The summed E-state index contributed by atoms with van der Waals surface area (Å²) in [4.78, 5) is 8.83. The summed E-state index contributed by atoms with van der Waals surface area (Å²) in [6, 6.07) is 19.3. The molecule has 0 bridgehead atoms. The van der Waals surface area contributed by atoms with Crippen molar-refractivity contribution in [2.75, 3.05) is 0 Å². The molecule has 1 aliphatic heterocycles. The van der Waals surface area contributed by atoms with Crippen molar-refractivity contribution in [2.24, 2.45) is 9.98 Å². The van der Waals surface area contributed by atoms with Gasteiger partial charge in [0.25, 0.3) is 0 Å². The second-order valence-electron chi connectivity index (χ2n) is 5.23. The first-order valence-electron chi connectivity index (χ1n) is 7.32. The van der Waals surface area contributed by atoms with Gasteiger partial charge in [0.15, 0.2) is 11.4 Å². The monoisotopic (exact) mass is 452 g/mol. The normalized spacial score (nSPS) is 14.1. The summed E-state index contributed by atoms with van der Waals surface area (Å²) in [6.07, 6.45) is 0.430. The minimum absolute atomic E-state index is 0.0348. The van der Waals surface area contributed by atoms with Crippen molar-refractivity contribution in [3.63, 3.8) is 0 Å². The van der Waals surface area contributed by atoms with Crippen LogP contribution in [-0.4, -0.2) is 11.4 Å². The summed E-state index contributed by atoms with van der Waals surface area (Å²) >= 11 is 6.83. The molecule has 0 amide bonds. The number of rotatable bonds is 2. The van der Waals surface area contributed by atoms with Crippen molar-refractivity contribution in [1.82, 2.24) is 0 Å². The minimum Gasteiger partial charge on any atom is -0.238 e. The molecule has 0 radical (unpaired) electrons. The zero-order valence-corrected chi connectivity index (χ0v) is 16.0. The topological polar surface area (TPSA) is 72.3 Å². The molecular weight excluding hydrogens is 444 g/mol. The van der Waals surface area contributed by atoms with E-state index in [4.69, 9.17) is 0 Å². The Hall–Kier alpha value is -2.54. The summed E-state index contributed by atoms with van der Waals surface area (Å²) < 4.78 is 1.92. The Morgan fingerprint density at radius 3 is 1.36 bits per heavy atom. The van der Waals surface area contributed by atoms with E-state index in [9.17, 15) is 10.5 Å². The maximum absolute atomic E-state index is 9.37. The number of nitrogens with zero attached hydrogens (tertiary/aromatic N) is 4. The highest BCUT2D eigenvalue weighted by molar-refractivity contribution is 9.10. The van der Waals surface area contributed by atoms with Gasteiger partial charge >= 0.3 is 0 Å². The highest BCUT2D eigenvalue weighted by Crippen LogP contribution is 2.22. The molecule has 2 aromatic rings. The van der Waals surface area contributed by atoms with Crippen LogP contribution < -0.4 is 0 Å². The third kappa shape index (κ3) is 3.93. The smallest absolute Gasteiger partial charge is 0.177 e. The van der Waals surface area contributed by atoms with Crippen molar-refractivity contribution in [1.29, 1.82) is 10.5 Å². The lowest BCUT2D eigenvalue weighted by molar-refractivity contribution is 1.27. The molecular formula is C19H10Br2N4. The fraction of sp³-hybridized carbons (Fsp3) is 0.0526. The van der Waals surface area contributed by atoms with Crippen LogP contribution in [0.1, 0.15) is 17.5 Å². The molecule has 4 nitrogen and oxygen atoms in total. The van der Waals surface area contributed by atoms with E-state index in [0.717, 1.165) is 20.1 Å². The van der Waals surface area contributed by atoms with Crippen molar-refractivity contribution in [3.05, 3.63) is 80.0 Å². The van der Waals surface area contributed by atoms with Crippen molar-refractivity contribution < 1.29 is 0 Å². The lowest BCUT2D eigenvalue weighted by Crippen LogP contribution is -2.10. The lowest BCUT2D eigenvalue weighted by atomic mass is 10.00. The molecule has 1 heterocycles. The molecule has 0 atom stereocenters. The number of allylic oxidation sites excluding steroid dienone is 2. The quantitative estimate of drug-likeness (QED) is 0.630. The van der Waals surface area contributed by atoms with Crippen LogP contribution in [0.15, 0.2) is 78.9 Å². The number of nitriles is 2. The molecule has 25 heavy (non-hydrogen) atoms. The van der Waals surface area contributed by atoms with Gasteiger partial charge < -0.3 is 0 Å². The lowest BCUT2D eigenvalue weighted by Gasteiger charge is -2.08. The highest BCUT2D eigenvalue weighted by atomic mass is 79.9. The standard InChI is InChI=1S/C19H10Br2N4/c20-14-5-1-12(2-6-14)16-9-17(13-3-7-15(21)8-4-13)25-19(11-23)18(10-22)24-16/h1-8H,9H2. The zero-order valence-electron chi connectivity index (χ0n) is 12.9. The fourth-order valence-corrected chi connectivity index (χ4v) is 2.92. The Morgan fingerprint density at radius 2 is 1.04 bits per heavy atom. The van der Waals surface area contributed by atoms with E-state index in [-0.39, 0.29) is 11.4 Å². The Bertz CT molecular complexity index is 904. The fourth-order valence-electron chi connectivity index (χ4n) is 2.39. The maximum atomic E-state index is 9.37. The summed E-state index contributed by atoms with van der Waals surface area (Å²) in [5, 5.41) is 18.7. The minimum atomic E-state index is 0.0348. The molecule has 0 spiro atoms. The summed E-state index contributed by atoms with van der Waals surface area (Å²) in [5.41, 5.74) is 3.26. The molecule has 0 N–H and O–H groups in total. The molecule has 0 saturated heterocycles. The van der Waals surface area contributed by atoms with Gasteiger partial charge in [-0.2, -0.15) is 10.5 Å². The first-order valence-corrected chi connectivity index (χ1v) is 8.91. The van der Waals surface area contributed by atoms with Gasteiger partial charge in [-0.3, -0.25) is 0 Å². The van der Waals surface area contributed by atoms with Gasteiger partial charge in [-0.05, 0) is 35.4 Å². The van der Waals surface area contributed by atoms with Crippen LogP contribution in [0.3, 0.4) is 0 Å². The van der Waals surface area contributed by atoms with Gasteiger partial charge in [0.05, 0.1) is 11.4 Å². The second-order valence-corrected chi connectivity index (χ2v) is 7.06. The predicted octanol–water partition coefficient (Wildman–Crippen LogP) is 5.15. The van der Waals surface area contributed by atoms with Crippen LogP contribution in [0.25, 0.3) is 0 Å². The number of benzene rings is 2. The average Bonchev–Trinajstić information content (AvgIpc) is 2.82. The van der Waals surface area contributed by atoms with Gasteiger partial charge in [-0.1, -0.05) is 56.1 Å². The van der Waals surface area contributed by atoms with Crippen molar-refractivity contribution >= 4 is 43.3 Å². The Morgan fingerprint density at radius 1 is 0.680 bits per heavy atom. The Balaban J connectivity index is 2.14. The highest BCUT2D eigenvalue weighted by Gasteiger charge is 2.18. The van der Waals surface area contributed by atoms with Gasteiger partial charge in [0, 0.05) is 15.4 Å². The van der Waals surface area contributed by atoms with Crippen molar-refractivity contribution in [2.45, 2.75) is 6.42 Å². The van der Waals surface area contributed by atoms with Crippen LogP contribution in [0, 0.1) is 22.7 Å². The van der Waals surface area contributed by atoms with E-state index >= 15 is 0 Å². The number of halogens is 2. The van der Waals surface area contributed by atoms with E-state index in [1.807, 2.05) is 60.7 Å². The van der Waals surface area contributed by atoms with Crippen LogP contribution in [0.4, 0.5) is 0 Å². The van der Waals surface area contributed by atoms with E-state index < -0.39 is 0 Å². The average molecular weight is 454 g/mol. The van der Waals surface area contributed by atoms with E-state index in [1.54, 1.807) is 0 Å².